The maximum absolute atomic E-state index is 13.9. The van der Waals surface area contributed by atoms with Gasteiger partial charge < -0.3 is 4.74 Å². The van der Waals surface area contributed by atoms with E-state index in [9.17, 15) is 14.4 Å². The molecule has 0 N–H and O–H groups in total. The third-order valence-corrected chi connectivity index (χ3v) is 5.15. The molecule has 27 heavy (non-hydrogen) atoms. The van der Waals surface area contributed by atoms with Crippen LogP contribution < -0.4 is 10.3 Å². The first-order valence-electron chi connectivity index (χ1n) is 9.20. The Balaban J connectivity index is 1.86. The molecule has 1 heterocycles. The number of nitrogens with zero attached hydrogens (tertiary/aromatic N) is 2. The van der Waals surface area contributed by atoms with E-state index in [1.807, 2.05) is 6.07 Å². The van der Waals surface area contributed by atoms with Crippen LogP contribution in [0.25, 0.3) is 21.9 Å². The zero-order valence-corrected chi connectivity index (χ0v) is 14.6. The van der Waals surface area contributed by atoms with Crippen LogP contribution in [0.5, 0.6) is 5.75 Å². The molecule has 134 valence electrons. The molecular formula is C22H17FN2O2. The van der Waals surface area contributed by atoms with E-state index in [1.54, 1.807) is 28.8 Å². The second-order valence-corrected chi connectivity index (χ2v) is 7.28. The molecule has 0 bridgehead atoms. The zero-order chi connectivity index (χ0) is 18.5. The maximum atomic E-state index is 13.9. The van der Waals surface area contributed by atoms with Gasteiger partial charge in [-0.3, -0.25) is 9.36 Å². The number of aromatic nitrogens is 1. The van der Waals surface area contributed by atoms with Crippen LogP contribution in [0.1, 0.15) is 37.4 Å². The van der Waals surface area contributed by atoms with Crippen LogP contribution in [0.2, 0.25) is 0 Å². The van der Waals surface area contributed by atoms with Gasteiger partial charge in [-0.2, -0.15) is 5.26 Å². The van der Waals surface area contributed by atoms with E-state index < -0.39 is 0 Å². The highest BCUT2D eigenvalue weighted by molar-refractivity contribution is 5.99. The molecule has 0 unspecified atom stereocenters. The van der Waals surface area contributed by atoms with Crippen molar-refractivity contribution in [2.45, 2.75) is 37.8 Å². The number of ether oxygens (including phenoxy) is 1. The molecule has 0 saturated heterocycles. The van der Waals surface area contributed by atoms with Crippen molar-refractivity contribution in [3.63, 3.8) is 0 Å². The molecule has 2 aromatic carbocycles. The van der Waals surface area contributed by atoms with Gasteiger partial charge in [0.25, 0.3) is 5.56 Å². The number of fused-ring (bicyclic) bond motifs is 1. The van der Waals surface area contributed by atoms with Gasteiger partial charge in [0.15, 0.2) is 0 Å². The standard InChI is InChI=1S/C22H17FN2O2/c23-14-3-1-2-13(10-14)21-19-11-17(27-16-6-7-16)8-9-18(19)22(26)25(15-4-5-15)20(21)12-24/h1-3,8-11,15-16H,4-7H2. The minimum atomic E-state index is -0.376. The zero-order valence-electron chi connectivity index (χ0n) is 14.6. The van der Waals surface area contributed by atoms with E-state index in [4.69, 9.17) is 4.74 Å². The second-order valence-electron chi connectivity index (χ2n) is 7.28. The fraction of sp³-hybridized carbons (Fsp3) is 0.273. The third-order valence-electron chi connectivity index (χ3n) is 5.15. The van der Waals surface area contributed by atoms with E-state index in [1.165, 1.54) is 12.1 Å². The molecule has 2 aliphatic rings. The summed E-state index contributed by atoms with van der Waals surface area (Å²) in [5.41, 5.74) is 1.32. The Hall–Kier alpha value is -3.13. The smallest absolute Gasteiger partial charge is 0.259 e. The fourth-order valence-corrected chi connectivity index (χ4v) is 3.57. The normalized spacial score (nSPS) is 16.3. The predicted octanol–water partition coefficient (Wildman–Crippen LogP) is 4.56. The van der Waals surface area contributed by atoms with Gasteiger partial charge in [-0.05, 0) is 61.6 Å². The minimum Gasteiger partial charge on any atom is -0.490 e. The average molecular weight is 360 g/mol. The van der Waals surface area contributed by atoms with Crippen LogP contribution in [0, 0.1) is 17.1 Å². The van der Waals surface area contributed by atoms with Gasteiger partial charge in [-0.25, -0.2) is 4.39 Å². The maximum Gasteiger partial charge on any atom is 0.259 e. The van der Waals surface area contributed by atoms with Gasteiger partial charge >= 0.3 is 0 Å². The molecule has 5 rings (SSSR count). The van der Waals surface area contributed by atoms with Crippen LogP contribution in [-0.4, -0.2) is 10.7 Å². The molecule has 2 fully saturated rings. The molecule has 0 aliphatic heterocycles. The molecule has 5 heteroatoms. The number of benzene rings is 2. The first-order chi connectivity index (χ1) is 13.2. The van der Waals surface area contributed by atoms with Gasteiger partial charge in [0.05, 0.1) is 6.10 Å². The lowest BCUT2D eigenvalue weighted by Crippen LogP contribution is -2.23. The Morgan fingerprint density at radius 1 is 1.07 bits per heavy atom. The van der Waals surface area contributed by atoms with E-state index in [0.717, 1.165) is 25.7 Å². The summed E-state index contributed by atoms with van der Waals surface area (Å²) in [6, 6.07) is 13.8. The second kappa shape index (κ2) is 5.95. The van der Waals surface area contributed by atoms with Crippen molar-refractivity contribution >= 4 is 10.8 Å². The van der Waals surface area contributed by atoms with E-state index in [-0.39, 0.29) is 23.5 Å². The van der Waals surface area contributed by atoms with E-state index in [0.29, 0.717) is 33.3 Å². The Labute approximate surface area is 155 Å². The van der Waals surface area contributed by atoms with Crippen LogP contribution in [0.3, 0.4) is 0 Å². The minimum absolute atomic E-state index is 0.0475. The van der Waals surface area contributed by atoms with Crippen molar-refractivity contribution in [1.82, 2.24) is 4.57 Å². The third kappa shape index (κ3) is 2.78. The molecular weight excluding hydrogens is 343 g/mol. The number of pyridine rings is 1. The van der Waals surface area contributed by atoms with Crippen LogP contribution in [0.15, 0.2) is 47.3 Å². The summed E-state index contributed by atoms with van der Waals surface area (Å²) in [4.78, 5) is 13.1. The summed E-state index contributed by atoms with van der Waals surface area (Å²) in [5, 5.41) is 11.0. The van der Waals surface area contributed by atoms with Gasteiger partial charge in [0.2, 0.25) is 0 Å². The van der Waals surface area contributed by atoms with Crippen molar-refractivity contribution in [1.29, 1.82) is 5.26 Å². The van der Waals surface area contributed by atoms with Crippen LogP contribution in [0.4, 0.5) is 4.39 Å². The number of hydrogen-bond acceptors (Lipinski definition) is 3. The van der Waals surface area contributed by atoms with Crippen molar-refractivity contribution in [2.24, 2.45) is 0 Å². The van der Waals surface area contributed by atoms with Gasteiger partial charge in [-0.15, -0.1) is 0 Å². The fourth-order valence-electron chi connectivity index (χ4n) is 3.57. The number of nitriles is 1. The summed E-state index contributed by atoms with van der Waals surface area (Å²) in [6.07, 6.45) is 4.04. The van der Waals surface area contributed by atoms with Gasteiger partial charge in [-0.1, -0.05) is 12.1 Å². The summed E-state index contributed by atoms with van der Waals surface area (Å²) < 4.78 is 21.4. The Morgan fingerprint density at radius 2 is 1.89 bits per heavy atom. The van der Waals surface area contributed by atoms with Crippen molar-refractivity contribution < 1.29 is 9.13 Å². The summed E-state index contributed by atoms with van der Waals surface area (Å²) in [5.74, 6) is 0.300. The predicted molar refractivity (Wildman–Crippen MR) is 100 cm³/mol. The number of halogens is 1. The van der Waals surface area contributed by atoms with Gasteiger partial charge in [0.1, 0.15) is 23.3 Å². The molecule has 0 spiro atoms. The Bertz CT molecular complexity index is 1170. The van der Waals surface area contributed by atoms with Crippen molar-refractivity contribution in [2.75, 3.05) is 0 Å². The highest BCUT2D eigenvalue weighted by Gasteiger charge is 2.30. The monoisotopic (exact) mass is 360 g/mol. The van der Waals surface area contributed by atoms with E-state index >= 15 is 0 Å². The number of rotatable bonds is 4. The molecule has 1 aromatic heterocycles. The number of hydrogen-bond donors (Lipinski definition) is 0. The first-order valence-corrected chi connectivity index (χ1v) is 9.20. The summed E-state index contributed by atoms with van der Waals surface area (Å²) in [7, 11) is 0. The summed E-state index contributed by atoms with van der Waals surface area (Å²) in [6.45, 7) is 0. The summed E-state index contributed by atoms with van der Waals surface area (Å²) >= 11 is 0. The van der Waals surface area contributed by atoms with Crippen LogP contribution >= 0.6 is 0 Å². The molecule has 0 amide bonds. The van der Waals surface area contributed by atoms with Crippen molar-refractivity contribution in [3.05, 3.63) is 64.3 Å². The largest absolute Gasteiger partial charge is 0.490 e. The van der Waals surface area contributed by atoms with Crippen molar-refractivity contribution in [3.8, 4) is 22.9 Å². The molecule has 0 atom stereocenters. The molecule has 2 aliphatic carbocycles. The first kappa shape index (κ1) is 16.1. The molecule has 3 aromatic rings. The molecule has 4 nitrogen and oxygen atoms in total. The Kier molecular flexibility index (Phi) is 3.54. The topological polar surface area (TPSA) is 55.0 Å². The Morgan fingerprint density at radius 3 is 2.56 bits per heavy atom. The lowest BCUT2D eigenvalue weighted by Gasteiger charge is -2.16. The average Bonchev–Trinajstić information content (AvgIpc) is 3.56. The lowest BCUT2D eigenvalue weighted by atomic mass is 9.96. The van der Waals surface area contributed by atoms with Crippen LogP contribution in [-0.2, 0) is 0 Å². The highest BCUT2D eigenvalue weighted by atomic mass is 19.1. The SMILES string of the molecule is N#Cc1c(-c2cccc(F)c2)c2cc(OC3CC3)ccc2c(=O)n1C1CC1. The quantitative estimate of drug-likeness (QED) is 0.686. The lowest BCUT2D eigenvalue weighted by molar-refractivity contribution is 0.303. The highest BCUT2D eigenvalue weighted by Crippen LogP contribution is 2.40. The van der Waals surface area contributed by atoms with E-state index in [2.05, 4.69) is 6.07 Å². The van der Waals surface area contributed by atoms with Gasteiger partial charge in [0, 0.05) is 22.4 Å². The molecule has 2 saturated carbocycles. The molecule has 0 radical (unpaired) electrons.